The molecule has 2 heterocycles. The van der Waals surface area contributed by atoms with Gasteiger partial charge in [-0.15, -0.1) is 0 Å². The van der Waals surface area contributed by atoms with E-state index in [1.807, 2.05) is 78.9 Å². The molecule has 0 aliphatic carbocycles. The van der Waals surface area contributed by atoms with Gasteiger partial charge in [0.1, 0.15) is 24.2 Å². The maximum absolute atomic E-state index is 14.5. The number of carbonyl (C=O) groups excluding carboxylic acids is 5. The Hall–Kier alpha value is -6.79. The third-order valence-corrected chi connectivity index (χ3v) is 10.5. The molecule has 5 amide bonds. The summed E-state index contributed by atoms with van der Waals surface area (Å²) in [7, 11) is 0. The highest BCUT2D eigenvalue weighted by molar-refractivity contribution is 6.33. The normalized spacial score (nSPS) is 19.4. The average Bonchev–Trinajstić information content (AvgIpc) is 3.25. The number of aliphatic carboxylic acids is 1. The van der Waals surface area contributed by atoms with E-state index in [0.717, 1.165) is 16.7 Å². The summed E-state index contributed by atoms with van der Waals surface area (Å²) in [6.45, 7) is 0. The Morgan fingerprint density at radius 3 is 1.72 bits per heavy atom. The van der Waals surface area contributed by atoms with Gasteiger partial charge in [-0.05, 0) is 58.9 Å². The summed E-state index contributed by atoms with van der Waals surface area (Å²) in [5.74, 6) is -4.34. The number of halogens is 1. The molecule has 7 rings (SSSR count). The topological polar surface area (TPSA) is 183 Å². The van der Waals surface area contributed by atoms with E-state index in [4.69, 9.17) is 11.6 Å². The second-order valence-corrected chi connectivity index (χ2v) is 15.1. The molecule has 6 N–H and O–H groups in total. The van der Waals surface area contributed by atoms with E-state index in [9.17, 15) is 33.9 Å². The van der Waals surface area contributed by atoms with Gasteiger partial charge in [-0.1, -0.05) is 127 Å². The Morgan fingerprint density at radius 2 is 1.10 bits per heavy atom. The van der Waals surface area contributed by atoms with E-state index in [2.05, 4.69) is 26.6 Å². The minimum Gasteiger partial charge on any atom is -0.480 e. The average molecular weight is 828 g/mol. The van der Waals surface area contributed by atoms with Crippen LogP contribution in [0.3, 0.4) is 0 Å². The molecule has 0 radical (unpaired) electrons. The smallest absolute Gasteiger partial charge is 0.326 e. The van der Waals surface area contributed by atoms with Crippen LogP contribution in [-0.2, 0) is 54.5 Å². The van der Waals surface area contributed by atoms with Crippen LogP contribution in [0.4, 0.5) is 5.69 Å². The fourth-order valence-corrected chi connectivity index (χ4v) is 7.18. The Kier molecular flexibility index (Phi) is 14.8. The molecule has 5 aromatic carbocycles. The molecule has 13 heteroatoms. The van der Waals surface area contributed by atoms with Crippen LogP contribution in [0.25, 0.3) is 11.1 Å². The minimum atomic E-state index is -1.36. The first kappa shape index (κ1) is 42.8. The third kappa shape index (κ3) is 12.4. The number of rotatable bonds is 9. The van der Waals surface area contributed by atoms with E-state index in [0.29, 0.717) is 33.8 Å². The molecule has 0 saturated heterocycles. The number of fused-ring (bicyclic) bond motifs is 18. The SMILES string of the molecule is O=C1CCC(=O)N[C@H](CCc2ccccc2)C(=O)N[C@@H](Cc2ccc(-c3ccccc3Cl)cc2)C(=O)N[C@H](Cc2ccccc2)C(=O)N[C@H](C(=O)O)Cc2ccc(cc2)N1. The predicted octanol–water partition coefficient (Wildman–Crippen LogP) is 5.42. The van der Waals surface area contributed by atoms with Gasteiger partial charge >= 0.3 is 5.97 Å². The van der Waals surface area contributed by atoms with Gasteiger partial charge in [-0.25, -0.2) is 4.79 Å². The van der Waals surface area contributed by atoms with E-state index in [1.165, 1.54) is 0 Å². The number of benzene rings is 5. The first-order valence-corrected chi connectivity index (χ1v) is 20.1. The number of hydrogen-bond acceptors (Lipinski definition) is 6. The number of nitrogens with one attached hydrogen (secondary N) is 5. The van der Waals surface area contributed by atoms with Crippen molar-refractivity contribution in [3.8, 4) is 11.1 Å². The van der Waals surface area contributed by atoms with Gasteiger partial charge in [0.25, 0.3) is 0 Å². The van der Waals surface area contributed by atoms with Crippen molar-refractivity contribution < 1.29 is 33.9 Å². The summed E-state index contributed by atoms with van der Waals surface area (Å²) < 4.78 is 0. The van der Waals surface area contributed by atoms with Crippen molar-refractivity contribution in [3.63, 3.8) is 0 Å². The van der Waals surface area contributed by atoms with Gasteiger partial charge in [-0.2, -0.15) is 0 Å². The van der Waals surface area contributed by atoms with Crippen LogP contribution in [0, 0.1) is 0 Å². The van der Waals surface area contributed by atoms with Crippen LogP contribution >= 0.6 is 11.6 Å². The van der Waals surface area contributed by atoms with Crippen molar-refractivity contribution in [2.75, 3.05) is 5.32 Å². The fraction of sp³-hybridized carbons (Fsp3) is 0.234. The van der Waals surface area contributed by atoms with Gasteiger partial charge in [0.15, 0.2) is 0 Å². The molecule has 12 nitrogen and oxygen atoms in total. The van der Waals surface area contributed by atoms with Crippen LogP contribution < -0.4 is 26.6 Å². The molecule has 2 bridgehead atoms. The summed E-state index contributed by atoms with van der Waals surface area (Å²) in [6.07, 6.45) is 0.127. The highest BCUT2D eigenvalue weighted by Crippen LogP contribution is 2.28. The number of anilines is 1. The highest BCUT2D eigenvalue weighted by Gasteiger charge is 2.32. The molecule has 5 aromatic rings. The molecule has 0 saturated carbocycles. The molecular weight excluding hydrogens is 782 g/mol. The molecule has 60 heavy (non-hydrogen) atoms. The van der Waals surface area contributed by atoms with Gasteiger partial charge in [0, 0.05) is 48.4 Å². The summed E-state index contributed by atoms with van der Waals surface area (Å²) in [6, 6.07) is 34.6. The monoisotopic (exact) mass is 827 g/mol. The molecule has 0 aromatic heterocycles. The second kappa shape index (κ2) is 20.8. The lowest BCUT2D eigenvalue weighted by molar-refractivity contribution is -0.142. The quantitative estimate of drug-likeness (QED) is 0.107. The second-order valence-electron chi connectivity index (χ2n) is 14.7. The largest absolute Gasteiger partial charge is 0.480 e. The molecule has 4 atom stereocenters. The van der Waals surface area contributed by atoms with Crippen LogP contribution in [0.5, 0.6) is 0 Å². The summed E-state index contributed by atoms with van der Waals surface area (Å²) >= 11 is 6.46. The fourth-order valence-electron chi connectivity index (χ4n) is 6.94. The van der Waals surface area contributed by atoms with E-state index in [1.54, 1.807) is 54.6 Å². The number of carboxylic acid groups (broad SMARTS) is 1. The molecule has 2 aliphatic heterocycles. The number of carbonyl (C=O) groups is 6. The van der Waals surface area contributed by atoms with Crippen molar-refractivity contribution in [2.45, 2.75) is 69.1 Å². The molecule has 2 aliphatic rings. The molecule has 0 fully saturated rings. The van der Waals surface area contributed by atoms with E-state index in [-0.39, 0.29) is 38.5 Å². The van der Waals surface area contributed by atoms with Crippen LogP contribution in [0.15, 0.2) is 133 Å². The van der Waals surface area contributed by atoms with Gasteiger partial charge < -0.3 is 31.7 Å². The zero-order chi connectivity index (χ0) is 42.4. The molecule has 308 valence electrons. The van der Waals surface area contributed by atoms with Gasteiger partial charge in [0.2, 0.25) is 29.5 Å². The van der Waals surface area contributed by atoms with E-state index >= 15 is 0 Å². The van der Waals surface area contributed by atoms with Crippen molar-refractivity contribution in [3.05, 3.63) is 161 Å². The lowest BCUT2D eigenvalue weighted by Gasteiger charge is -2.26. The Balaban J connectivity index is 1.34. The number of carboxylic acids is 1. The third-order valence-electron chi connectivity index (χ3n) is 10.2. The van der Waals surface area contributed by atoms with Crippen molar-refractivity contribution in [1.82, 2.24) is 21.3 Å². The molecular formula is C47H46ClN5O7. The first-order chi connectivity index (χ1) is 29.0. The van der Waals surface area contributed by atoms with E-state index < -0.39 is 59.7 Å². The predicted molar refractivity (Wildman–Crippen MR) is 229 cm³/mol. The maximum Gasteiger partial charge on any atom is 0.326 e. The van der Waals surface area contributed by atoms with Crippen LogP contribution in [-0.4, -0.2) is 64.8 Å². The Labute approximate surface area is 353 Å². The van der Waals surface area contributed by atoms with Crippen molar-refractivity contribution in [1.29, 1.82) is 0 Å². The van der Waals surface area contributed by atoms with Crippen LogP contribution in [0.1, 0.15) is 41.5 Å². The van der Waals surface area contributed by atoms with Crippen LogP contribution in [0.2, 0.25) is 5.02 Å². The molecule has 0 unspecified atom stereocenters. The van der Waals surface area contributed by atoms with Gasteiger partial charge in [0.05, 0.1) is 0 Å². The first-order valence-electron chi connectivity index (χ1n) is 19.7. The number of hydrogen-bond donors (Lipinski definition) is 6. The maximum atomic E-state index is 14.5. The minimum absolute atomic E-state index is 0.00680. The lowest BCUT2D eigenvalue weighted by Crippen LogP contribution is -2.59. The zero-order valence-electron chi connectivity index (χ0n) is 32.7. The summed E-state index contributed by atoms with van der Waals surface area (Å²) in [5, 5.41) is 24.5. The summed E-state index contributed by atoms with van der Waals surface area (Å²) in [5.41, 5.74) is 4.96. The zero-order valence-corrected chi connectivity index (χ0v) is 33.5. The lowest BCUT2D eigenvalue weighted by atomic mass is 9.98. The van der Waals surface area contributed by atoms with Crippen molar-refractivity contribution in [2.24, 2.45) is 0 Å². The Morgan fingerprint density at radius 1 is 0.567 bits per heavy atom. The molecule has 0 spiro atoms. The van der Waals surface area contributed by atoms with Gasteiger partial charge in [-0.3, -0.25) is 24.0 Å². The van der Waals surface area contributed by atoms with Crippen molar-refractivity contribution >= 4 is 52.8 Å². The Bertz CT molecular complexity index is 2290. The number of amides is 5. The standard InChI is InChI=1S/C47H46ClN5O7/c48-37-14-8-7-13-36(37)34-20-15-32(16-21-34)28-40-45(57)52-39(27-31-11-5-2-6-12-31)46(58)53-41(47(59)60)29-33-17-22-35(23-18-33)49-42(54)25-26-43(55)50-38(44(56)51-40)24-19-30-9-3-1-4-10-30/h1-18,20-23,38-41H,19,24-29H2,(H,49,54)(H,50,55)(H,51,56)(H,52,57)(H,53,58)(H,59,60)/t38-,39-,40+,41+/m1/s1. The number of aryl methyl sites for hydroxylation is 1. The highest BCUT2D eigenvalue weighted by atomic mass is 35.5. The summed E-state index contributed by atoms with van der Waals surface area (Å²) in [4.78, 5) is 81.4.